The highest BCUT2D eigenvalue weighted by molar-refractivity contribution is 6.99. The van der Waals surface area contributed by atoms with E-state index in [0.717, 1.165) is 23.0 Å². The number of ether oxygens (including phenoxy) is 1. The smallest absolute Gasteiger partial charge is 0.254 e. The van der Waals surface area contributed by atoms with Crippen LogP contribution in [-0.4, -0.2) is 15.4 Å². The maximum atomic E-state index is 5.50. The highest BCUT2D eigenvalue weighted by atomic mass is 32.1. The van der Waals surface area contributed by atoms with Crippen molar-refractivity contribution in [3.8, 4) is 29.5 Å². The van der Waals surface area contributed by atoms with Gasteiger partial charge in [0.2, 0.25) is 0 Å². The van der Waals surface area contributed by atoms with Gasteiger partial charge in [-0.1, -0.05) is 0 Å². The molecule has 0 radical (unpaired) electrons. The first-order chi connectivity index (χ1) is 8.31. The van der Waals surface area contributed by atoms with E-state index in [1.807, 2.05) is 36.1 Å². The minimum Gasteiger partial charge on any atom is -0.474 e. The SMILES string of the molecule is C#CCCOc1nsnc1-c1ccc[n+](C)c1. The molecule has 0 atom stereocenters. The lowest BCUT2D eigenvalue weighted by Gasteiger charge is -2.01. The molecule has 0 bridgehead atoms. The summed E-state index contributed by atoms with van der Waals surface area (Å²) in [5.41, 5.74) is 1.75. The highest BCUT2D eigenvalue weighted by Gasteiger charge is 2.13. The van der Waals surface area contributed by atoms with Gasteiger partial charge in [0.05, 0.1) is 17.3 Å². The van der Waals surface area contributed by atoms with Crippen molar-refractivity contribution >= 4 is 11.7 Å². The maximum absolute atomic E-state index is 5.50. The lowest BCUT2D eigenvalue weighted by Crippen LogP contribution is -2.26. The number of rotatable bonds is 4. The van der Waals surface area contributed by atoms with Gasteiger partial charge in [-0.2, -0.15) is 4.37 Å². The number of terminal acetylenes is 1. The van der Waals surface area contributed by atoms with Crippen molar-refractivity contribution in [1.82, 2.24) is 8.75 Å². The number of pyridine rings is 1. The van der Waals surface area contributed by atoms with E-state index < -0.39 is 0 Å². The van der Waals surface area contributed by atoms with Crippen LogP contribution in [0.25, 0.3) is 11.3 Å². The van der Waals surface area contributed by atoms with E-state index in [0.29, 0.717) is 18.9 Å². The molecule has 17 heavy (non-hydrogen) atoms. The third-order valence-electron chi connectivity index (χ3n) is 2.16. The first-order valence-electron chi connectivity index (χ1n) is 5.16. The third-order valence-corrected chi connectivity index (χ3v) is 2.67. The number of hydrogen-bond donors (Lipinski definition) is 0. The van der Waals surface area contributed by atoms with Crippen LogP contribution in [0.5, 0.6) is 5.88 Å². The van der Waals surface area contributed by atoms with E-state index in [4.69, 9.17) is 11.2 Å². The molecule has 0 aromatic carbocycles. The summed E-state index contributed by atoms with van der Waals surface area (Å²) in [6.07, 6.45) is 9.68. The molecule has 0 N–H and O–H groups in total. The van der Waals surface area contributed by atoms with Crippen molar-refractivity contribution in [2.75, 3.05) is 6.61 Å². The van der Waals surface area contributed by atoms with Crippen LogP contribution in [0.1, 0.15) is 6.42 Å². The summed E-state index contributed by atoms with van der Waals surface area (Å²) < 4.78 is 15.8. The zero-order valence-corrected chi connectivity index (χ0v) is 10.3. The van der Waals surface area contributed by atoms with Crippen LogP contribution in [0.2, 0.25) is 0 Å². The van der Waals surface area contributed by atoms with E-state index in [1.165, 1.54) is 0 Å². The van der Waals surface area contributed by atoms with Gasteiger partial charge in [-0.05, 0) is 6.07 Å². The second-order valence-corrected chi connectivity index (χ2v) is 4.01. The van der Waals surface area contributed by atoms with Crippen LogP contribution in [0, 0.1) is 12.3 Å². The van der Waals surface area contributed by atoms with E-state index in [2.05, 4.69) is 14.7 Å². The van der Waals surface area contributed by atoms with Gasteiger partial charge in [0, 0.05) is 12.5 Å². The van der Waals surface area contributed by atoms with Gasteiger partial charge in [-0.3, -0.25) is 0 Å². The number of hydrogen-bond acceptors (Lipinski definition) is 4. The summed E-state index contributed by atoms with van der Waals surface area (Å²) in [5, 5.41) is 0. The van der Waals surface area contributed by atoms with Gasteiger partial charge < -0.3 is 4.74 Å². The fourth-order valence-corrected chi connectivity index (χ4v) is 1.91. The Morgan fingerprint density at radius 3 is 3.18 bits per heavy atom. The number of aryl methyl sites for hydroxylation is 1. The van der Waals surface area contributed by atoms with Gasteiger partial charge in [0.1, 0.15) is 13.7 Å². The van der Waals surface area contributed by atoms with Crippen LogP contribution in [-0.2, 0) is 7.05 Å². The second kappa shape index (κ2) is 5.41. The van der Waals surface area contributed by atoms with Gasteiger partial charge in [0.15, 0.2) is 18.1 Å². The van der Waals surface area contributed by atoms with Crippen molar-refractivity contribution < 1.29 is 9.30 Å². The first-order valence-corrected chi connectivity index (χ1v) is 5.89. The first kappa shape index (κ1) is 11.6. The van der Waals surface area contributed by atoms with Gasteiger partial charge >= 0.3 is 0 Å². The Labute approximate surface area is 104 Å². The molecule has 5 heteroatoms. The fourth-order valence-electron chi connectivity index (χ4n) is 1.39. The van der Waals surface area contributed by atoms with Crippen molar-refractivity contribution in [1.29, 1.82) is 0 Å². The molecule has 0 saturated heterocycles. The Morgan fingerprint density at radius 1 is 1.53 bits per heavy atom. The molecule has 2 rings (SSSR count). The Bertz CT molecular complexity index is 545. The third kappa shape index (κ3) is 2.80. The lowest BCUT2D eigenvalue weighted by molar-refractivity contribution is -0.671. The number of nitrogens with zero attached hydrogens (tertiary/aromatic N) is 3. The standard InChI is InChI=1S/C12H12N3OS/c1-3-4-8-16-12-11(13-17-14-12)10-6-5-7-15(2)9-10/h1,5-7,9H,4,8H2,2H3/q+1. The van der Waals surface area contributed by atoms with Crippen molar-refractivity contribution in [3.05, 3.63) is 24.5 Å². The summed E-state index contributed by atoms with van der Waals surface area (Å²) in [7, 11) is 1.96. The molecule has 0 fully saturated rings. The van der Waals surface area contributed by atoms with Crippen LogP contribution >= 0.6 is 11.7 Å². The Kier molecular flexibility index (Phi) is 3.68. The van der Waals surface area contributed by atoms with Crippen molar-refractivity contribution in [2.24, 2.45) is 7.05 Å². The van der Waals surface area contributed by atoms with Crippen molar-refractivity contribution in [2.45, 2.75) is 6.42 Å². The summed E-state index contributed by atoms with van der Waals surface area (Å²) in [4.78, 5) is 0. The minimum atomic E-state index is 0.466. The zero-order valence-electron chi connectivity index (χ0n) is 9.46. The van der Waals surface area contributed by atoms with Gasteiger partial charge in [-0.25, -0.2) is 4.57 Å². The predicted molar refractivity (Wildman–Crippen MR) is 65.5 cm³/mol. The van der Waals surface area contributed by atoms with E-state index in [9.17, 15) is 0 Å². The Hall–Kier alpha value is -1.93. The molecule has 4 nitrogen and oxygen atoms in total. The molecule has 0 saturated carbocycles. The van der Waals surface area contributed by atoms with Gasteiger partial charge in [0.25, 0.3) is 5.88 Å². The molecule has 2 aromatic rings. The minimum absolute atomic E-state index is 0.466. The molecule has 2 heterocycles. The summed E-state index contributed by atoms with van der Waals surface area (Å²) >= 11 is 1.14. The molecular formula is C12H12N3OS+. The molecule has 0 unspecified atom stereocenters. The molecule has 0 aliphatic rings. The lowest BCUT2D eigenvalue weighted by atomic mass is 10.2. The topological polar surface area (TPSA) is 38.9 Å². The van der Waals surface area contributed by atoms with Crippen molar-refractivity contribution in [3.63, 3.8) is 0 Å². The molecule has 86 valence electrons. The zero-order chi connectivity index (χ0) is 12.1. The summed E-state index contributed by atoms with van der Waals surface area (Å²) in [5.74, 6) is 3.08. The largest absolute Gasteiger partial charge is 0.474 e. The summed E-state index contributed by atoms with van der Waals surface area (Å²) in [6, 6.07) is 3.94. The maximum Gasteiger partial charge on any atom is 0.254 e. The average Bonchev–Trinajstić information content (AvgIpc) is 2.78. The highest BCUT2D eigenvalue weighted by Crippen LogP contribution is 2.26. The normalized spacial score (nSPS) is 9.88. The van der Waals surface area contributed by atoms with E-state index >= 15 is 0 Å². The van der Waals surface area contributed by atoms with E-state index in [-0.39, 0.29) is 0 Å². The van der Waals surface area contributed by atoms with Crippen LogP contribution in [0.15, 0.2) is 24.5 Å². The Balaban J connectivity index is 2.22. The molecule has 0 aliphatic carbocycles. The quantitative estimate of drug-likeness (QED) is 0.465. The van der Waals surface area contributed by atoms with E-state index in [1.54, 1.807) is 0 Å². The average molecular weight is 246 g/mol. The molecular weight excluding hydrogens is 234 g/mol. The van der Waals surface area contributed by atoms with Crippen LogP contribution < -0.4 is 9.30 Å². The number of aromatic nitrogens is 3. The second-order valence-electron chi connectivity index (χ2n) is 3.48. The summed E-state index contributed by atoms with van der Waals surface area (Å²) in [6.45, 7) is 0.466. The molecule has 2 aromatic heterocycles. The predicted octanol–water partition coefficient (Wildman–Crippen LogP) is 1.43. The van der Waals surface area contributed by atoms with Crippen LogP contribution in [0.4, 0.5) is 0 Å². The monoisotopic (exact) mass is 246 g/mol. The fraction of sp³-hybridized carbons (Fsp3) is 0.250. The van der Waals surface area contributed by atoms with Gasteiger partial charge in [-0.15, -0.1) is 16.7 Å². The van der Waals surface area contributed by atoms with Crippen LogP contribution in [0.3, 0.4) is 0 Å². The molecule has 0 amide bonds. The Morgan fingerprint density at radius 2 is 2.41 bits per heavy atom. The molecule has 0 aliphatic heterocycles. The molecule has 0 spiro atoms.